The van der Waals surface area contributed by atoms with Crippen LogP contribution in [0.15, 0.2) is 36.4 Å². The fourth-order valence-corrected chi connectivity index (χ4v) is 3.71. The number of carbonyl (C=O) groups is 2. The fourth-order valence-electron chi connectivity index (χ4n) is 3.71. The minimum absolute atomic E-state index is 0.182. The highest BCUT2D eigenvalue weighted by Crippen LogP contribution is 2.22. The summed E-state index contributed by atoms with van der Waals surface area (Å²) in [7, 11) is 1.62. The number of carbonyl (C=O) groups excluding carboxylic acids is 2. The first-order valence-corrected chi connectivity index (χ1v) is 10.4. The monoisotopic (exact) mass is 427 g/mol. The highest BCUT2D eigenvalue weighted by atomic mass is 16.5. The third kappa shape index (κ3) is 6.46. The zero-order chi connectivity index (χ0) is 23.1. The SMILES string of the molecule is COc1ccc(CCCN(C(=O)[C@@H](N)Cc2c(C)cc(O)cc2C)[C@H](C)C(N)=O)cc1. The van der Waals surface area contributed by atoms with E-state index in [4.69, 9.17) is 16.2 Å². The minimum Gasteiger partial charge on any atom is -0.508 e. The number of phenols is 1. The van der Waals surface area contributed by atoms with Gasteiger partial charge in [0.1, 0.15) is 17.5 Å². The van der Waals surface area contributed by atoms with E-state index in [1.807, 2.05) is 38.1 Å². The van der Waals surface area contributed by atoms with Gasteiger partial charge in [-0.15, -0.1) is 0 Å². The number of ether oxygens (including phenoxy) is 1. The maximum absolute atomic E-state index is 13.1. The zero-order valence-corrected chi connectivity index (χ0v) is 18.7. The Morgan fingerprint density at radius 2 is 1.71 bits per heavy atom. The third-order valence-electron chi connectivity index (χ3n) is 5.61. The molecule has 0 saturated heterocycles. The van der Waals surface area contributed by atoms with E-state index in [0.29, 0.717) is 19.4 Å². The van der Waals surface area contributed by atoms with E-state index in [1.165, 1.54) is 4.90 Å². The number of aryl methyl sites for hydroxylation is 3. The topological polar surface area (TPSA) is 119 Å². The zero-order valence-electron chi connectivity index (χ0n) is 18.7. The lowest BCUT2D eigenvalue weighted by Gasteiger charge is -2.30. The molecule has 7 heteroatoms. The van der Waals surface area contributed by atoms with Gasteiger partial charge in [0.25, 0.3) is 0 Å². The van der Waals surface area contributed by atoms with Gasteiger partial charge in [-0.2, -0.15) is 0 Å². The van der Waals surface area contributed by atoms with Gasteiger partial charge in [-0.1, -0.05) is 12.1 Å². The summed E-state index contributed by atoms with van der Waals surface area (Å²) in [6.45, 7) is 5.74. The largest absolute Gasteiger partial charge is 0.508 e. The number of nitrogens with two attached hydrogens (primary N) is 2. The molecular formula is C24H33N3O4. The molecule has 0 aliphatic carbocycles. The van der Waals surface area contributed by atoms with Gasteiger partial charge in [-0.3, -0.25) is 9.59 Å². The van der Waals surface area contributed by atoms with E-state index >= 15 is 0 Å². The van der Waals surface area contributed by atoms with E-state index in [2.05, 4.69) is 0 Å². The van der Waals surface area contributed by atoms with Gasteiger partial charge in [0.2, 0.25) is 11.8 Å². The molecular weight excluding hydrogens is 394 g/mol. The van der Waals surface area contributed by atoms with Crippen molar-refractivity contribution in [3.63, 3.8) is 0 Å². The molecule has 0 heterocycles. The summed E-state index contributed by atoms with van der Waals surface area (Å²) < 4.78 is 5.17. The van der Waals surface area contributed by atoms with Crippen molar-refractivity contribution < 1.29 is 19.4 Å². The maximum atomic E-state index is 13.1. The van der Waals surface area contributed by atoms with Crippen molar-refractivity contribution in [3.8, 4) is 11.5 Å². The van der Waals surface area contributed by atoms with E-state index in [0.717, 1.165) is 34.4 Å². The van der Waals surface area contributed by atoms with E-state index in [-0.39, 0.29) is 11.7 Å². The second-order valence-corrected chi connectivity index (χ2v) is 7.93. The van der Waals surface area contributed by atoms with E-state index in [1.54, 1.807) is 26.2 Å². The number of nitrogens with zero attached hydrogens (tertiary/aromatic N) is 1. The second-order valence-electron chi connectivity index (χ2n) is 7.93. The summed E-state index contributed by atoms with van der Waals surface area (Å²) in [6.07, 6.45) is 1.72. The summed E-state index contributed by atoms with van der Waals surface area (Å²) >= 11 is 0. The molecule has 0 aliphatic heterocycles. The molecule has 0 unspecified atom stereocenters. The molecule has 0 aliphatic rings. The Kier molecular flexibility index (Phi) is 8.45. The molecule has 0 saturated carbocycles. The van der Waals surface area contributed by atoms with Crippen molar-refractivity contribution in [1.29, 1.82) is 0 Å². The Morgan fingerprint density at radius 1 is 1.13 bits per heavy atom. The number of amides is 2. The molecule has 0 radical (unpaired) electrons. The Bertz CT molecular complexity index is 889. The van der Waals surface area contributed by atoms with Crippen LogP contribution in [0.1, 0.15) is 35.6 Å². The van der Waals surface area contributed by atoms with E-state index in [9.17, 15) is 14.7 Å². The van der Waals surface area contributed by atoms with E-state index < -0.39 is 18.0 Å². The van der Waals surface area contributed by atoms with Crippen molar-refractivity contribution in [1.82, 2.24) is 4.90 Å². The minimum atomic E-state index is -0.815. The average Bonchev–Trinajstić information content (AvgIpc) is 2.73. The first kappa shape index (κ1) is 24.2. The fraction of sp³-hybridized carbons (Fsp3) is 0.417. The predicted molar refractivity (Wildman–Crippen MR) is 121 cm³/mol. The van der Waals surface area contributed by atoms with Crippen molar-refractivity contribution in [2.75, 3.05) is 13.7 Å². The van der Waals surface area contributed by atoms with Gasteiger partial charge in [-0.25, -0.2) is 0 Å². The number of methoxy groups -OCH3 is 1. The van der Waals surface area contributed by atoms with Crippen LogP contribution in [0, 0.1) is 13.8 Å². The molecule has 5 N–H and O–H groups in total. The highest BCUT2D eigenvalue weighted by Gasteiger charge is 2.28. The Labute approximate surface area is 184 Å². The van der Waals surface area contributed by atoms with Crippen LogP contribution in [0.5, 0.6) is 11.5 Å². The Balaban J connectivity index is 2.09. The van der Waals surface area contributed by atoms with Crippen LogP contribution in [0.3, 0.4) is 0 Å². The predicted octanol–water partition coefficient (Wildman–Crippen LogP) is 2.22. The first-order chi connectivity index (χ1) is 14.6. The molecule has 2 atom stereocenters. The van der Waals surface area contributed by atoms with Crippen LogP contribution in [0.2, 0.25) is 0 Å². The number of benzene rings is 2. The molecule has 2 aromatic rings. The summed E-state index contributed by atoms with van der Waals surface area (Å²) in [5.74, 6) is 0.0877. The highest BCUT2D eigenvalue weighted by molar-refractivity contribution is 5.89. The molecule has 168 valence electrons. The van der Waals surface area contributed by atoms with Crippen molar-refractivity contribution in [3.05, 3.63) is 58.7 Å². The van der Waals surface area contributed by atoms with Gasteiger partial charge in [0.15, 0.2) is 0 Å². The van der Waals surface area contributed by atoms with Crippen molar-refractivity contribution >= 4 is 11.8 Å². The number of aromatic hydroxyl groups is 1. The molecule has 2 amide bonds. The van der Waals surface area contributed by atoms with Crippen LogP contribution in [-0.4, -0.2) is 47.6 Å². The van der Waals surface area contributed by atoms with Gasteiger partial charge >= 0.3 is 0 Å². The summed E-state index contributed by atoms with van der Waals surface area (Å²) in [4.78, 5) is 26.4. The van der Waals surface area contributed by atoms with Gasteiger partial charge in [0, 0.05) is 6.54 Å². The third-order valence-corrected chi connectivity index (χ3v) is 5.61. The summed E-state index contributed by atoms with van der Waals surface area (Å²) in [5, 5.41) is 9.74. The van der Waals surface area contributed by atoms with Crippen LogP contribution in [-0.2, 0) is 22.4 Å². The number of hydrogen-bond donors (Lipinski definition) is 3. The molecule has 2 rings (SSSR count). The first-order valence-electron chi connectivity index (χ1n) is 10.4. The quantitative estimate of drug-likeness (QED) is 0.537. The van der Waals surface area contributed by atoms with Gasteiger partial charge in [0.05, 0.1) is 13.2 Å². The average molecular weight is 428 g/mol. The van der Waals surface area contributed by atoms with Crippen molar-refractivity contribution in [2.45, 2.75) is 52.1 Å². The van der Waals surface area contributed by atoms with Crippen LogP contribution in [0.25, 0.3) is 0 Å². The normalized spacial score (nSPS) is 12.8. The molecule has 0 bridgehead atoms. The number of primary amides is 1. The lowest BCUT2D eigenvalue weighted by Crippen LogP contribution is -2.53. The Morgan fingerprint density at radius 3 is 2.23 bits per heavy atom. The molecule has 0 spiro atoms. The molecule has 7 nitrogen and oxygen atoms in total. The standard InChI is InChI=1S/C24H33N3O4/c1-15-12-19(28)13-16(2)21(15)14-22(25)24(30)27(17(3)23(26)29)11-5-6-18-7-9-20(31-4)10-8-18/h7-10,12-13,17,22,28H,5-6,11,14,25H2,1-4H3,(H2,26,29)/t17-,22+/m1/s1. The summed E-state index contributed by atoms with van der Waals surface area (Å²) in [6, 6.07) is 9.47. The number of rotatable bonds is 10. The molecule has 31 heavy (non-hydrogen) atoms. The molecule has 2 aromatic carbocycles. The maximum Gasteiger partial charge on any atom is 0.240 e. The molecule has 0 aromatic heterocycles. The number of phenolic OH excluding ortho intramolecular Hbond substituents is 1. The van der Waals surface area contributed by atoms with Gasteiger partial charge in [-0.05, 0) is 86.6 Å². The lowest BCUT2D eigenvalue weighted by molar-refractivity contribution is -0.139. The van der Waals surface area contributed by atoms with Crippen LogP contribution < -0.4 is 16.2 Å². The van der Waals surface area contributed by atoms with Gasteiger partial charge < -0.3 is 26.2 Å². The van der Waals surface area contributed by atoms with Crippen molar-refractivity contribution in [2.24, 2.45) is 11.5 Å². The molecule has 0 fully saturated rings. The second kappa shape index (κ2) is 10.8. The number of hydrogen-bond acceptors (Lipinski definition) is 5. The Hall–Kier alpha value is -3.06. The van der Waals surface area contributed by atoms with Crippen LogP contribution >= 0.6 is 0 Å². The smallest absolute Gasteiger partial charge is 0.240 e. The summed E-state index contributed by atoms with van der Waals surface area (Å²) in [5.41, 5.74) is 15.5. The lowest BCUT2D eigenvalue weighted by atomic mass is 9.95. The van der Waals surface area contributed by atoms with Crippen LogP contribution in [0.4, 0.5) is 0 Å².